The molecule has 1 atom stereocenters. The van der Waals surface area contributed by atoms with E-state index in [1.165, 1.54) is 7.11 Å². The highest BCUT2D eigenvalue weighted by Gasteiger charge is 2.19. The molecule has 0 fully saturated rings. The summed E-state index contributed by atoms with van der Waals surface area (Å²) in [6.07, 6.45) is -0.0979. The molecule has 8 nitrogen and oxygen atoms in total. The molecule has 28 heavy (non-hydrogen) atoms. The molecule has 0 saturated heterocycles. The van der Waals surface area contributed by atoms with Gasteiger partial charge in [-0.25, -0.2) is 9.59 Å². The second-order valence-corrected chi connectivity index (χ2v) is 7.25. The number of methoxy groups -OCH3 is 1. The average Bonchev–Trinajstić information content (AvgIpc) is 2.62. The van der Waals surface area contributed by atoms with Crippen molar-refractivity contribution >= 4 is 18.2 Å². The highest BCUT2D eigenvalue weighted by atomic mass is 16.6. The summed E-state index contributed by atoms with van der Waals surface area (Å²) < 4.78 is 15.0. The fraction of sp³-hybridized carbons (Fsp3) is 0.550. The fourth-order valence-electron chi connectivity index (χ4n) is 2.29. The van der Waals surface area contributed by atoms with Crippen molar-refractivity contribution in [1.82, 2.24) is 10.6 Å². The van der Waals surface area contributed by atoms with Crippen molar-refractivity contribution in [2.45, 2.75) is 58.3 Å². The predicted molar refractivity (Wildman–Crippen MR) is 104 cm³/mol. The van der Waals surface area contributed by atoms with Crippen LogP contribution in [0.3, 0.4) is 0 Å². The molecule has 1 aromatic carbocycles. The Hall–Kier alpha value is -2.77. The third-order valence-corrected chi connectivity index (χ3v) is 3.57. The van der Waals surface area contributed by atoms with Crippen LogP contribution in [-0.2, 0) is 25.6 Å². The van der Waals surface area contributed by atoms with E-state index in [2.05, 4.69) is 15.4 Å². The Morgan fingerprint density at radius 2 is 1.75 bits per heavy atom. The van der Waals surface area contributed by atoms with Crippen LogP contribution in [-0.4, -0.2) is 43.5 Å². The summed E-state index contributed by atoms with van der Waals surface area (Å²) in [4.78, 5) is 35.2. The highest BCUT2D eigenvalue weighted by Crippen LogP contribution is 2.08. The van der Waals surface area contributed by atoms with Crippen molar-refractivity contribution in [2.75, 3.05) is 13.7 Å². The number of rotatable bonds is 9. The topological polar surface area (TPSA) is 103 Å². The highest BCUT2D eigenvalue weighted by molar-refractivity contribution is 5.72. The van der Waals surface area contributed by atoms with Gasteiger partial charge < -0.3 is 24.8 Å². The van der Waals surface area contributed by atoms with Crippen molar-refractivity contribution in [1.29, 1.82) is 0 Å². The number of hydrogen-bond donors (Lipinski definition) is 2. The molecule has 1 aromatic rings. The lowest BCUT2D eigenvalue weighted by Gasteiger charge is -2.20. The molecule has 8 heteroatoms. The van der Waals surface area contributed by atoms with E-state index in [1.807, 2.05) is 30.3 Å². The van der Waals surface area contributed by atoms with Crippen LogP contribution in [0.5, 0.6) is 0 Å². The summed E-state index contributed by atoms with van der Waals surface area (Å²) in [5.74, 6) is -0.437. The van der Waals surface area contributed by atoms with Gasteiger partial charge in [0.05, 0.1) is 13.5 Å². The van der Waals surface area contributed by atoms with Gasteiger partial charge in [-0.3, -0.25) is 4.79 Å². The van der Waals surface area contributed by atoms with Crippen molar-refractivity contribution < 1.29 is 28.6 Å². The maximum Gasteiger partial charge on any atom is 0.407 e. The Labute approximate surface area is 165 Å². The molecule has 1 unspecified atom stereocenters. The minimum Gasteiger partial charge on any atom is -0.469 e. The first kappa shape index (κ1) is 23.3. The Morgan fingerprint density at radius 1 is 1.07 bits per heavy atom. The average molecular weight is 394 g/mol. The lowest BCUT2D eigenvalue weighted by Crippen LogP contribution is -2.38. The van der Waals surface area contributed by atoms with Crippen LogP contribution >= 0.6 is 0 Å². The molecule has 0 aromatic heterocycles. The molecule has 0 bridgehead atoms. The molecule has 0 saturated carbocycles. The van der Waals surface area contributed by atoms with Gasteiger partial charge in [0.15, 0.2) is 0 Å². The minimum absolute atomic E-state index is 0.0172. The van der Waals surface area contributed by atoms with Crippen LogP contribution in [0.4, 0.5) is 9.59 Å². The van der Waals surface area contributed by atoms with Gasteiger partial charge in [-0.2, -0.15) is 0 Å². The van der Waals surface area contributed by atoms with Crippen LogP contribution in [0.15, 0.2) is 30.3 Å². The van der Waals surface area contributed by atoms with E-state index in [1.54, 1.807) is 20.8 Å². The third kappa shape index (κ3) is 11.1. The number of hydrogen-bond acceptors (Lipinski definition) is 6. The SMILES string of the molecule is COC(=O)CC(CCCNC(=O)OC(C)(C)C)NC(=O)OCc1ccccc1. The number of nitrogens with one attached hydrogen (secondary N) is 2. The summed E-state index contributed by atoms with van der Waals surface area (Å²) >= 11 is 0. The van der Waals surface area contributed by atoms with E-state index in [4.69, 9.17) is 9.47 Å². The molecule has 0 aliphatic carbocycles. The Kier molecular flexibility index (Phi) is 9.84. The monoisotopic (exact) mass is 394 g/mol. The van der Waals surface area contributed by atoms with Crippen molar-refractivity contribution in [3.05, 3.63) is 35.9 Å². The summed E-state index contributed by atoms with van der Waals surface area (Å²) in [7, 11) is 1.29. The van der Waals surface area contributed by atoms with Crippen LogP contribution in [0.1, 0.15) is 45.6 Å². The van der Waals surface area contributed by atoms with Crippen LogP contribution < -0.4 is 10.6 Å². The Balaban J connectivity index is 2.41. The van der Waals surface area contributed by atoms with Crippen LogP contribution in [0, 0.1) is 0 Å². The standard InChI is InChI=1S/C20H30N2O6/c1-20(2,3)28-18(24)21-12-8-11-16(13-17(23)26-4)22-19(25)27-14-15-9-6-5-7-10-15/h5-7,9-10,16H,8,11-14H2,1-4H3,(H,21,24)(H,22,25). The second kappa shape index (κ2) is 11.8. The van der Waals surface area contributed by atoms with E-state index in [-0.39, 0.29) is 13.0 Å². The Bertz CT molecular complexity index is 627. The number of carbonyl (C=O) groups is 3. The number of carbonyl (C=O) groups excluding carboxylic acids is 3. The minimum atomic E-state index is -0.613. The van der Waals surface area contributed by atoms with Gasteiger partial charge in [0.1, 0.15) is 12.2 Å². The molecule has 0 heterocycles. The molecule has 0 spiro atoms. The summed E-state index contributed by atoms with van der Waals surface area (Å²) in [6, 6.07) is 8.82. The lowest BCUT2D eigenvalue weighted by molar-refractivity contribution is -0.141. The van der Waals surface area contributed by atoms with Gasteiger partial charge >= 0.3 is 18.2 Å². The Morgan fingerprint density at radius 3 is 2.36 bits per heavy atom. The van der Waals surface area contributed by atoms with Crippen molar-refractivity contribution in [3.8, 4) is 0 Å². The molecule has 2 amide bonds. The van der Waals surface area contributed by atoms with E-state index < -0.39 is 29.8 Å². The first-order chi connectivity index (χ1) is 13.2. The van der Waals surface area contributed by atoms with E-state index in [0.29, 0.717) is 19.4 Å². The first-order valence-corrected chi connectivity index (χ1v) is 9.20. The zero-order chi connectivity index (χ0) is 21.0. The van der Waals surface area contributed by atoms with Crippen molar-refractivity contribution in [3.63, 3.8) is 0 Å². The number of amides is 2. The number of esters is 1. The molecule has 0 aliphatic heterocycles. The predicted octanol–water partition coefficient (Wildman–Crippen LogP) is 3.15. The second-order valence-electron chi connectivity index (χ2n) is 7.25. The normalized spacial score (nSPS) is 11.9. The van der Waals surface area contributed by atoms with Gasteiger partial charge in [0, 0.05) is 12.6 Å². The van der Waals surface area contributed by atoms with Gasteiger partial charge in [0.25, 0.3) is 0 Å². The van der Waals surface area contributed by atoms with Crippen molar-refractivity contribution in [2.24, 2.45) is 0 Å². The number of ether oxygens (including phenoxy) is 3. The van der Waals surface area contributed by atoms with E-state index in [0.717, 1.165) is 5.56 Å². The first-order valence-electron chi connectivity index (χ1n) is 9.20. The van der Waals surface area contributed by atoms with E-state index >= 15 is 0 Å². The van der Waals surface area contributed by atoms with E-state index in [9.17, 15) is 14.4 Å². The zero-order valence-corrected chi connectivity index (χ0v) is 16.9. The van der Waals surface area contributed by atoms with Gasteiger partial charge in [-0.05, 0) is 39.2 Å². The fourth-order valence-corrected chi connectivity index (χ4v) is 2.29. The quantitative estimate of drug-likeness (QED) is 0.379. The molecule has 0 aliphatic rings. The molecule has 0 radical (unpaired) electrons. The summed E-state index contributed by atoms with van der Waals surface area (Å²) in [5.41, 5.74) is 0.297. The molecule has 2 N–H and O–H groups in total. The smallest absolute Gasteiger partial charge is 0.407 e. The van der Waals surface area contributed by atoms with Crippen LogP contribution in [0.2, 0.25) is 0 Å². The largest absolute Gasteiger partial charge is 0.469 e. The number of benzene rings is 1. The zero-order valence-electron chi connectivity index (χ0n) is 16.9. The summed E-state index contributed by atoms with van der Waals surface area (Å²) in [5, 5.41) is 5.31. The lowest BCUT2D eigenvalue weighted by atomic mass is 10.1. The molecule has 1 rings (SSSR count). The molecular weight excluding hydrogens is 364 g/mol. The molecule has 156 valence electrons. The van der Waals surface area contributed by atoms with Gasteiger partial charge in [-0.15, -0.1) is 0 Å². The number of alkyl carbamates (subject to hydrolysis) is 2. The van der Waals surface area contributed by atoms with Crippen LogP contribution in [0.25, 0.3) is 0 Å². The maximum atomic E-state index is 12.0. The van der Waals surface area contributed by atoms with Gasteiger partial charge in [-0.1, -0.05) is 30.3 Å². The summed E-state index contributed by atoms with van der Waals surface area (Å²) in [6.45, 7) is 5.84. The molecular formula is C20H30N2O6. The maximum absolute atomic E-state index is 12.0. The third-order valence-electron chi connectivity index (χ3n) is 3.57. The van der Waals surface area contributed by atoms with Gasteiger partial charge in [0.2, 0.25) is 0 Å².